The van der Waals surface area contributed by atoms with Gasteiger partial charge >= 0.3 is 12.0 Å². The first-order valence-electron chi connectivity index (χ1n) is 8.07. The van der Waals surface area contributed by atoms with E-state index in [0.29, 0.717) is 37.6 Å². The van der Waals surface area contributed by atoms with Crippen LogP contribution in [0.4, 0.5) is 10.5 Å². The number of carbonyl (C=O) groups is 2. The predicted octanol–water partition coefficient (Wildman–Crippen LogP) is 2.80. The van der Waals surface area contributed by atoms with E-state index in [1.807, 2.05) is 19.1 Å². The number of hydrogen-bond acceptors (Lipinski definition) is 3. The number of carbonyl (C=O) groups excluding carboxylic acids is 1. The highest BCUT2D eigenvalue weighted by molar-refractivity contribution is 5.90. The fourth-order valence-electron chi connectivity index (χ4n) is 3.83. The zero-order valence-electron chi connectivity index (χ0n) is 13.2. The van der Waals surface area contributed by atoms with Crippen LogP contribution in [0.5, 0.6) is 5.75 Å². The molecule has 0 radical (unpaired) electrons. The van der Waals surface area contributed by atoms with Crippen LogP contribution in [-0.2, 0) is 4.79 Å². The molecule has 1 saturated heterocycles. The second-order valence-electron chi connectivity index (χ2n) is 6.32. The quantitative estimate of drug-likeness (QED) is 0.895. The van der Waals surface area contributed by atoms with E-state index in [2.05, 4.69) is 5.32 Å². The molecule has 2 atom stereocenters. The highest BCUT2D eigenvalue weighted by Crippen LogP contribution is 2.48. The van der Waals surface area contributed by atoms with Gasteiger partial charge in [0.05, 0.1) is 12.0 Å². The average molecular weight is 318 g/mol. The lowest BCUT2D eigenvalue weighted by Crippen LogP contribution is -2.38. The van der Waals surface area contributed by atoms with Crippen molar-refractivity contribution in [2.75, 3.05) is 25.0 Å². The van der Waals surface area contributed by atoms with E-state index in [1.165, 1.54) is 0 Å². The third kappa shape index (κ3) is 2.85. The second-order valence-corrected chi connectivity index (χ2v) is 6.32. The summed E-state index contributed by atoms with van der Waals surface area (Å²) in [5.74, 6) is -0.000232. The molecule has 124 valence electrons. The summed E-state index contributed by atoms with van der Waals surface area (Å²) in [6.07, 6.45) is 2.48. The SMILES string of the molecule is CCOc1cccc(NC(=O)N2C[C@@H]3CCC[C@@]3(C(=O)O)C2)c1. The topological polar surface area (TPSA) is 78.9 Å². The summed E-state index contributed by atoms with van der Waals surface area (Å²) in [6.45, 7) is 3.28. The van der Waals surface area contributed by atoms with Crippen molar-refractivity contribution in [2.45, 2.75) is 26.2 Å². The van der Waals surface area contributed by atoms with E-state index in [0.717, 1.165) is 12.8 Å². The Morgan fingerprint density at radius 3 is 3.00 bits per heavy atom. The fourth-order valence-corrected chi connectivity index (χ4v) is 3.83. The minimum Gasteiger partial charge on any atom is -0.494 e. The van der Waals surface area contributed by atoms with Gasteiger partial charge in [-0.25, -0.2) is 4.79 Å². The summed E-state index contributed by atoms with van der Waals surface area (Å²) >= 11 is 0. The molecule has 1 aromatic carbocycles. The maximum Gasteiger partial charge on any atom is 0.321 e. The number of hydrogen-bond donors (Lipinski definition) is 2. The molecule has 1 heterocycles. The number of likely N-dealkylation sites (tertiary alicyclic amines) is 1. The Labute approximate surface area is 135 Å². The van der Waals surface area contributed by atoms with Crippen LogP contribution in [0.2, 0.25) is 0 Å². The molecule has 1 aromatic rings. The summed E-state index contributed by atoms with van der Waals surface area (Å²) < 4.78 is 5.42. The minimum absolute atomic E-state index is 0.0699. The molecule has 1 saturated carbocycles. The monoisotopic (exact) mass is 318 g/mol. The Balaban J connectivity index is 1.68. The number of carboxylic acids is 1. The Kier molecular flexibility index (Phi) is 4.15. The van der Waals surface area contributed by atoms with Gasteiger partial charge < -0.3 is 20.1 Å². The van der Waals surface area contributed by atoms with Crippen LogP contribution in [0.1, 0.15) is 26.2 Å². The van der Waals surface area contributed by atoms with Gasteiger partial charge in [-0.3, -0.25) is 4.79 Å². The second kappa shape index (κ2) is 6.10. The number of rotatable bonds is 4. The molecule has 1 aliphatic carbocycles. The summed E-state index contributed by atoms with van der Waals surface area (Å²) in [4.78, 5) is 25.8. The van der Waals surface area contributed by atoms with Gasteiger partial charge in [0.25, 0.3) is 0 Å². The number of benzene rings is 1. The van der Waals surface area contributed by atoms with Gasteiger partial charge in [0.15, 0.2) is 0 Å². The standard InChI is InChI=1S/C17H22N2O4/c1-2-23-14-7-3-6-13(9-14)18-16(22)19-10-12-5-4-8-17(12,11-19)15(20)21/h3,6-7,9,12H,2,4-5,8,10-11H2,1H3,(H,18,22)(H,20,21)/t12-,17+/m0/s1. The molecular weight excluding hydrogens is 296 g/mol. The average Bonchev–Trinajstić information content (AvgIpc) is 3.05. The molecule has 0 aromatic heterocycles. The first kappa shape index (κ1) is 15.6. The Bertz CT molecular complexity index is 618. The maximum absolute atomic E-state index is 12.5. The number of anilines is 1. The van der Waals surface area contributed by atoms with Gasteiger partial charge in [0.1, 0.15) is 5.75 Å². The van der Waals surface area contributed by atoms with Crippen molar-refractivity contribution in [3.8, 4) is 5.75 Å². The van der Waals surface area contributed by atoms with Crippen molar-refractivity contribution >= 4 is 17.7 Å². The number of urea groups is 1. The Hall–Kier alpha value is -2.24. The number of fused-ring (bicyclic) bond motifs is 1. The van der Waals surface area contributed by atoms with Gasteiger partial charge in [-0.1, -0.05) is 12.5 Å². The molecule has 6 heteroatoms. The van der Waals surface area contributed by atoms with Crippen LogP contribution in [-0.4, -0.2) is 41.7 Å². The van der Waals surface area contributed by atoms with Gasteiger partial charge in [0, 0.05) is 24.8 Å². The van der Waals surface area contributed by atoms with Crippen molar-refractivity contribution in [3.63, 3.8) is 0 Å². The summed E-state index contributed by atoms with van der Waals surface area (Å²) in [5, 5.41) is 12.4. The van der Waals surface area contributed by atoms with E-state index in [1.54, 1.807) is 17.0 Å². The molecule has 0 unspecified atom stereocenters. The van der Waals surface area contributed by atoms with E-state index < -0.39 is 11.4 Å². The van der Waals surface area contributed by atoms with Crippen molar-refractivity contribution in [1.29, 1.82) is 0 Å². The van der Waals surface area contributed by atoms with Crippen molar-refractivity contribution in [2.24, 2.45) is 11.3 Å². The number of nitrogens with zero attached hydrogens (tertiary/aromatic N) is 1. The molecular formula is C17H22N2O4. The van der Waals surface area contributed by atoms with Crippen molar-refractivity contribution in [3.05, 3.63) is 24.3 Å². The van der Waals surface area contributed by atoms with Crippen LogP contribution in [0.15, 0.2) is 24.3 Å². The maximum atomic E-state index is 12.5. The molecule has 1 aliphatic heterocycles. The summed E-state index contributed by atoms with van der Waals surface area (Å²) in [6, 6.07) is 6.97. The fraction of sp³-hybridized carbons (Fsp3) is 0.529. The van der Waals surface area contributed by atoms with Crippen LogP contribution in [0.25, 0.3) is 0 Å². The number of ether oxygens (including phenoxy) is 1. The van der Waals surface area contributed by atoms with Gasteiger partial charge in [0.2, 0.25) is 0 Å². The third-order valence-electron chi connectivity index (χ3n) is 4.98. The van der Waals surface area contributed by atoms with E-state index in [9.17, 15) is 14.7 Å². The first-order valence-corrected chi connectivity index (χ1v) is 8.07. The Morgan fingerprint density at radius 1 is 1.48 bits per heavy atom. The molecule has 3 rings (SSSR count). The summed E-state index contributed by atoms with van der Waals surface area (Å²) in [7, 11) is 0. The van der Waals surface area contributed by atoms with E-state index in [-0.39, 0.29) is 11.9 Å². The lowest BCUT2D eigenvalue weighted by molar-refractivity contribution is -0.149. The van der Waals surface area contributed by atoms with Crippen LogP contribution in [0.3, 0.4) is 0 Å². The Morgan fingerprint density at radius 2 is 2.30 bits per heavy atom. The lowest BCUT2D eigenvalue weighted by Gasteiger charge is -2.23. The van der Waals surface area contributed by atoms with Crippen LogP contribution >= 0.6 is 0 Å². The highest BCUT2D eigenvalue weighted by atomic mass is 16.5. The number of nitrogens with one attached hydrogen (secondary N) is 1. The van der Waals surface area contributed by atoms with E-state index >= 15 is 0 Å². The van der Waals surface area contributed by atoms with Gasteiger partial charge in [-0.05, 0) is 37.8 Å². The van der Waals surface area contributed by atoms with Gasteiger partial charge in [-0.2, -0.15) is 0 Å². The molecule has 2 amide bonds. The zero-order chi connectivity index (χ0) is 16.4. The predicted molar refractivity (Wildman–Crippen MR) is 85.6 cm³/mol. The molecule has 2 aliphatic rings. The third-order valence-corrected chi connectivity index (χ3v) is 4.98. The smallest absolute Gasteiger partial charge is 0.321 e. The zero-order valence-corrected chi connectivity index (χ0v) is 13.2. The number of aliphatic carboxylic acids is 1. The molecule has 6 nitrogen and oxygen atoms in total. The summed E-state index contributed by atoms with van der Waals surface area (Å²) in [5.41, 5.74) is -0.0905. The number of carboxylic acid groups (broad SMARTS) is 1. The molecule has 2 N–H and O–H groups in total. The van der Waals surface area contributed by atoms with Gasteiger partial charge in [-0.15, -0.1) is 0 Å². The van der Waals surface area contributed by atoms with Crippen LogP contribution < -0.4 is 10.1 Å². The van der Waals surface area contributed by atoms with Crippen molar-refractivity contribution < 1.29 is 19.4 Å². The van der Waals surface area contributed by atoms with Crippen LogP contribution in [0, 0.1) is 11.3 Å². The molecule has 23 heavy (non-hydrogen) atoms. The largest absolute Gasteiger partial charge is 0.494 e. The normalized spacial score (nSPS) is 26.0. The van der Waals surface area contributed by atoms with Crippen molar-refractivity contribution in [1.82, 2.24) is 4.90 Å². The molecule has 0 bridgehead atoms. The number of amides is 2. The van der Waals surface area contributed by atoms with E-state index in [4.69, 9.17) is 4.74 Å². The molecule has 2 fully saturated rings. The first-order chi connectivity index (χ1) is 11.0. The molecule has 0 spiro atoms. The minimum atomic E-state index is -0.770. The lowest BCUT2D eigenvalue weighted by atomic mass is 9.81. The highest BCUT2D eigenvalue weighted by Gasteiger charge is 2.55.